The van der Waals surface area contributed by atoms with E-state index in [0.717, 1.165) is 12.1 Å². The predicted molar refractivity (Wildman–Crippen MR) is 115 cm³/mol. The number of halogens is 1. The van der Waals surface area contributed by atoms with Crippen LogP contribution in [0.5, 0.6) is 0 Å². The fraction of sp³-hybridized carbons (Fsp3) is 0.381. The molecule has 0 radical (unpaired) electrons. The molecule has 32 heavy (non-hydrogen) atoms. The van der Waals surface area contributed by atoms with Gasteiger partial charge in [-0.25, -0.2) is 0 Å². The summed E-state index contributed by atoms with van der Waals surface area (Å²) in [6.07, 6.45) is 1.24. The van der Waals surface area contributed by atoms with E-state index < -0.39 is 22.3 Å². The Morgan fingerprint density at radius 2 is 1.97 bits per heavy atom. The summed E-state index contributed by atoms with van der Waals surface area (Å²) < 4.78 is 13.6. The van der Waals surface area contributed by atoms with Crippen molar-refractivity contribution in [3.05, 3.63) is 56.5 Å². The van der Waals surface area contributed by atoms with Gasteiger partial charge in [-0.15, -0.1) is 0 Å². The van der Waals surface area contributed by atoms with E-state index in [1.54, 1.807) is 16.3 Å². The lowest BCUT2D eigenvalue weighted by Crippen LogP contribution is -2.48. The van der Waals surface area contributed by atoms with Gasteiger partial charge in [0.25, 0.3) is 5.91 Å². The number of piperidine rings is 1. The number of thiophene rings is 1. The normalized spacial score (nSPS) is 19.3. The highest BCUT2D eigenvalue weighted by atomic mass is 32.1. The van der Waals surface area contributed by atoms with Crippen LogP contribution in [0, 0.1) is 21.8 Å². The minimum atomic E-state index is -0.980. The molecular formula is C21H21FN4O5S. The number of nitrogens with one attached hydrogen (secondary N) is 1. The summed E-state index contributed by atoms with van der Waals surface area (Å²) in [5.74, 6) is -2.15. The van der Waals surface area contributed by atoms with E-state index in [2.05, 4.69) is 5.32 Å². The summed E-state index contributed by atoms with van der Waals surface area (Å²) in [5, 5.41) is 17.6. The third kappa shape index (κ3) is 4.47. The Labute approximate surface area is 187 Å². The zero-order valence-electron chi connectivity index (χ0n) is 17.0. The monoisotopic (exact) mass is 460 g/mol. The fourth-order valence-electron chi connectivity index (χ4n) is 4.10. The molecule has 3 heterocycles. The molecule has 2 aliphatic heterocycles. The molecule has 9 nitrogen and oxygen atoms in total. The molecule has 4 rings (SSSR count). The van der Waals surface area contributed by atoms with Crippen LogP contribution in [0.1, 0.15) is 29.6 Å². The van der Waals surface area contributed by atoms with Crippen molar-refractivity contribution >= 4 is 40.4 Å². The van der Waals surface area contributed by atoms with Crippen LogP contribution in [-0.2, 0) is 9.59 Å². The largest absolute Gasteiger partial charge is 0.349 e. The van der Waals surface area contributed by atoms with Gasteiger partial charge in [0.2, 0.25) is 17.6 Å². The third-order valence-electron chi connectivity index (χ3n) is 5.84. The summed E-state index contributed by atoms with van der Waals surface area (Å²) >= 11 is 1.45. The number of nitro groups is 1. The van der Waals surface area contributed by atoms with Gasteiger partial charge in [0, 0.05) is 49.1 Å². The predicted octanol–water partition coefficient (Wildman–Crippen LogP) is 2.57. The number of likely N-dealkylation sites (tertiary alicyclic amines) is 1. The molecule has 0 spiro atoms. The van der Waals surface area contributed by atoms with Crippen molar-refractivity contribution in [2.45, 2.75) is 25.3 Å². The standard InChI is InChI=1S/C21H21FN4O5S/c22-17-2-1-16(10-18(17)26(30)31)25-11-14(9-19(25)27)21(29)24-6-3-15(4-7-24)23-20(28)13-5-8-32-12-13/h1-2,5,8,10,12,14-15H,3-4,6-7,9,11H2,(H,23,28). The summed E-state index contributed by atoms with van der Waals surface area (Å²) in [6, 6.07) is 5.01. The van der Waals surface area contributed by atoms with Gasteiger partial charge in [-0.3, -0.25) is 24.5 Å². The number of hydrogen-bond acceptors (Lipinski definition) is 6. The molecule has 0 aliphatic carbocycles. The molecule has 3 amide bonds. The molecule has 168 valence electrons. The quantitative estimate of drug-likeness (QED) is 0.544. The van der Waals surface area contributed by atoms with Crippen LogP contribution in [0.2, 0.25) is 0 Å². The van der Waals surface area contributed by atoms with Crippen molar-refractivity contribution in [2.75, 3.05) is 24.5 Å². The molecule has 2 saturated heterocycles. The second kappa shape index (κ2) is 9.03. The van der Waals surface area contributed by atoms with Gasteiger partial charge in [0.15, 0.2) is 0 Å². The first-order chi connectivity index (χ1) is 15.3. The number of hydrogen-bond donors (Lipinski definition) is 1. The second-order valence-electron chi connectivity index (χ2n) is 7.88. The number of carbonyl (C=O) groups excluding carboxylic acids is 3. The van der Waals surface area contributed by atoms with Gasteiger partial charge in [-0.05, 0) is 36.4 Å². The van der Waals surface area contributed by atoms with Crippen LogP contribution in [0.3, 0.4) is 0 Å². The van der Waals surface area contributed by atoms with Gasteiger partial charge < -0.3 is 15.1 Å². The summed E-state index contributed by atoms with van der Waals surface area (Å²) in [5.41, 5.74) is 0.115. The van der Waals surface area contributed by atoms with Gasteiger partial charge >= 0.3 is 5.69 Å². The van der Waals surface area contributed by atoms with Crippen molar-refractivity contribution in [2.24, 2.45) is 5.92 Å². The van der Waals surface area contributed by atoms with Gasteiger partial charge in [-0.2, -0.15) is 15.7 Å². The number of benzene rings is 1. The Kier molecular flexibility index (Phi) is 6.17. The van der Waals surface area contributed by atoms with E-state index in [1.165, 1.54) is 22.3 Å². The maximum absolute atomic E-state index is 13.6. The Hall–Kier alpha value is -3.34. The van der Waals surface area contributed by atoms with Crippen LogP contribution in [-0.4, -0.2) is 53.2 Å². The molecule has 0 bridgehead atoms. The minimum absolute atomic E-state index is 0.00116. The van der Waals surface area contributed by atoms with Crippen molar-refractivity contribution < 1.29 is 23.7 Å². The number of rotatable bonds is 5. The Morgan fingerprint density at radius 1 is 1.22 bits per heavy atom. The zero-order valence-corrected chi connectivity index (χ0v) is 17.8. The molecule has 2 aromatic rings. The van der Waals surface area contributed by atoms with Crippen LogP contribution in [0.4, 0.5) is 15.8 Å². The van der Waals surface area contributed by atoms with Crippen LogP contribution in [0.15, 0.2) is 35.0 Å². The zero-order chi connectivity index (χ0) is 22.8. The average molecular weight is 460 g/mol. The summed E-state index contributed by atoms with van der Waals surface area (Å²) in [7, 11) is 0. The number of carbonyl (C=O) groups is 3. The van der Waals surface area contributed by atoms with Crippen molar-refractivity contribution in [3.63, 3.8) is 0 Å². The first-order valence-electron chi connectivity index (χ1n) is 10.2. The fourth-order valence-corrected chi connectivity index (χ4v) is 4.73. The van der Waals surface area contributed by atoms with E-state index in [-0.39, 0.29) is 42.4 Å². The van der Waals surface area contributed by atoms with Gasteiger partial charge in [0.1, 0.15) is 0 Å². The second-order valence-corrected chi connectivity index (χ2v) is 8.66. The third-order valence-corrected chi connectivity index (χ3v) is 6.52. The van der Waals surface area contributed by atoms with E-state index in [9.17, 15) is 28.9 Å². The molecule has 1 unspecified atom stereocenters. The number of nitrogens with zero attached hydrogens (tertiary/aromatic N) is 3. The Morgan fingerprint density at radius 3 is 2.62 bits per heavy atom. The smallest absolute Gasteiger partial charge is 0.306 e. The van der Waals surface area contributed by atoms with E-state index >= 15 is 0 Å². The van der Waals surface area contributed by atoms with Crippen molar-refractivity contribution in [1.82, 2.24) is 10.2 Å². The molecule has 0 saturated carbocycles. The lowest BCUT2D eigenvalue weighted by molar-refractivity contribution is -0.387. The highest BCUT2D eigenvalue weighted by Gasteiger charge is 2.38. The van der Waals surface area contributed by atoms with Crippen molar-refractivity contribution in [3.8, 4) is 0 Å². The molecule has 1 atom stereocenters. The van der Waals surface area contributed by atoms with Gasteiger partial charge in [-0.1, -0.05) is 0 Å². The maximum Gasteiger partial charge on any atom is 0.306 e. The van der Waals surface area contributed by atoms with Crippen LogP contribution >= 0.6 is 11.3 Å². The van der Waals surface area contributed by atoms with E-state index in [4.69, 9.17) is 0 Å². The highest BCUT2D eigenvalue weighted by Crippen LogP contribution is 2.30. The highest BCUT2D eigenvalue weighted by molar-refractivity contribution is 7.08. The number of anilines is 1. The van der Waals surface area contributed by atoms with Crippen LogP contribution in [0.25, 0.3) is 0 Å². The lowest BCUT2D eigenvalue weighted by atomic mass is 10.0. The first kappa shape index (κ1) is 21.9. The number of amides is 3. The molecule has 1 N–H and O–H groups in total. The van der Waals surface area contributed by atoms with Gasteiger partial charge in [0.05, 0.1) is 16.5 Å². The molecular weight excluding hydrogens is 439 g/mol. The van der Waals surface area contributed by atoms with E-state index in [0.29, 0.717) is 31.5 Å². The average Bonchev–Trinajstić information content (AvgIpc) is 3.44. The topological polar surface area (TPSA) is 113 Å². The maximum atomic E-state index is 13.6. The molecule has 2 fully saturated rings. The SMILES string of the molecule is O=C(NC1CCN(C(=O)C2CC(=O)N(c3ccc(F)c([N+](=O)[O-])c3)C2)CC1)c1ccsc1. The molecule has 1 aromatic carbocycles. The molecule has 11 heteroatoms. The first-order valence-corrected chi connectivity index (χ1v) is 11.1. The van der Waals surface area contributed by atoms with Crippen LogP contribution < -0.4 is 10.2 Å². The molecule has 1 aromatic heterocycles. The summed E-state index contributed by atoms with van der Waals surface area (Å²) in [4.78, 5) is 50.8. The van der Waals surface area contributed by atoms with E-state index in [1.807, 2.05) is 5.38 Å². The lowest BCUT2D eigenvalue weighted by Gasteiger charge is -2.33. The number of nitro benzene ring substituents is 1. The Bertz CT molecular complexity index is 1050. The van der Waals surface area contributed by atoms with Crippen molar-refractivity contribution in [1.29, 1.82) is 0 Å². The molecule has 2 aliphatic rings. The minimum Gasteiger partial charge on any atom is -0.349 e. The summed E-state index contributed by atoms with van der Waals surface area (Å²) in [6.45, 7) is 1.04. The Balaban J connectivity index is 1.34.